The summed E-state index contributed by atoms with van der Waals surface area (Å²) in [6.45, 7) is 6.62. The van der Waals surface area contributed by atoms with E-state index < -0.39 is 0 Å². The molecule has 0 aromatic heterocycles. The van der Waals surface area contributed by atoms with Crippen molar-refractivity contribution < 1.29 is 9.66 Å². The van der Waals surface area contributed by atoms with Crippen LogP contribution in [0.15, 0.2) is 18.2 Å². The zero-order chi connectivity index (χ0) is 12.1. The molecule has 0 amide bonds. The number of nitro benzene ring substituents is 1. The van der Waals surface area contributed by atoms with Crippen LogP contribution >= 0.6 is 0 Å². The van der Waals surface area contributed by atoms with E-state index in [1.165, 1.54) is 6.07 Å². The average Bonchev–Trinajstić information content (AvgIpc) is 2.16. The van der Waals surface area contributed by atoms with E-state index in [9.17, 15) is 10.1 Å². The van der Waals surface area contributed by atoms with Crippen LogP contribution in [-0.4, -0.2) is 11.5 Å². The Bertz CT molecular complexity index is 375. The fourth-order valence-electron chi connectivity index (χ4n) is 1.34. The fraction of sp³-hybridized carbons (Fsp3) is 0.500. The van der Waals surface area contributed by atoms with Gasteiger partial charge in [0.15, 0.2) is 0 Å². The lowest BCUT2D eigenvalue weighted by molar-refractivity contribution is -0.385. The number of rotatable bonds is 5. The van der Waals surface area contributed by atoms with E-state index in [1.807, 2.05) is 0 Å². The van der Waals surface area contributed by atoms with Gasteiger partial charge in [0.1, 0.15) is 5.75 Å². The Morgan fingerprint density at radius 2 is 2.12 bits per heavy atom. The minimum absolute atomic E-state index is 0.135. The summed E-state index contributed by atoms with van der Waals surface area (Å²) in [6.07, 6.45) is 0.982. The van der Waals surface area contributed by atoms with Crippen LogP contribution < -0.4 is 4.74 Å². The largest absolute Gasteiger partial charge is 0.494 e. The molecule has 16 heavy (non-hydrogen) atoms. The van der Waals surface area contributed by atoms with Gasteiger partial charge in [0.2, 0.25) is 0 Å². The molecule has 4 heteroatoms. The first-order valence-electron chi connectivity index (χ1n) is 5.38. The summed E-state index contributed by atoms with van der Waals surface area (Å²) in [5.41, 5.74) is 0.767. The molecule has 0 N–H and O–H groups in total. The second-order valence-electron chi connectivity index (χ2n) is 4.24. The smallest absolute Gasteiger partial charge is 0.272 e. The van der Waals surface area contributed by atoms with Gasteiger partial charge in [0.05, 0.1) is 11.5 Å². The maximum absolute atomic E-state index is 10.6. The quantitative estimate of drug-likeness (QED) is 0.568. The van der Waals surface area contributed by atoms with E-state index in [1.54, 1.807) is 19.1 Å². The number of hydrogen-bond acceptors (Lipinski definition) is 3. The Hall–Kier alpha value is -1.58. The fourth-order valence-corrected chi connectivity index (χ4v) is 1.34. The molecule has 1 rings (SSSR count). The third-order valence-corrected chi connectivity index (χ3v) is 2.33. The lowest BCUT2D eigenvalue weighted by Gasteiger charge is -2.08. The molecule has 1 aromatic carbocycles. The van der Waals surface area contributed by atoms with Crippen molar-refractivity contribution in [2.45, 2.75) is 27.2 Å². The highest BCUT2D eigenvalue weighted by Gasteiger charge is 2.10. The van der Waals surface area contributed by atoms with E-state index in [-0.39, 0.29) is 10.6 Å². The third kappa shape index (κ3) is 3.53. The molecule has 88 valence electrons. The van der Waals surface area contributed by atoms with Crippen LogP contribution in [0.25, 0.3) is 0 Å². The van der Waals surface area contributed by atoms with E-state index in [0.29, 0.717) is 23.8 Å². The van der Waals surface area contributed by atoms with Crippen molar-refractivity contribution >= 4 is 5.69 Å². The van der Waals surface area contributed by atoms with Gasteiger partial charge in [0.25, 0.3) is 5.69 Å². The van der Waals surface area contributed by atoms with Crippen molar-refractivity contribution in [1.82, 2.24) is 0 Å². The average molecular weight is 223 g/mol. The number of nitrogens with zero attached hydrogens (tertiary/aromatic N) is 1. The number of aryl methyl sites for hydroxylation is 1. The molecule has 0 bridgehead atoms. The van der Waals surface area contributed by atoms with Crippen molar-refractivity contribution in [3.8, 4) is 5.75 Å². The lowest BCUT2D eigenvalue weighted by Crippen LogP contribution is -2.02. The Morgan fingerprint density at radius 1 is 1.44 bits per heavy atom. The first-order valence-corrected chi connectivity index (χ1v) is 5.38. The summed E-state index contributed by atoms with van der Waals surface area (Å²) < 4.78 is 5.51. The Morgan fingerprint density at radius 3 is 2.62 bits per heavy atom. The van der Waals surface area contributed by atoms with Crippen LogP contribution in [0, 0.1) is 23.0 Å². The molecule has 0 unspecified atom stereocenters. The molecule has 0 saturated carbocycles. The number of hydrogen-bond donors (Lipinski definition) is 0. The summed E-state index contributed by atoms with van der Waals surface area (Å²) in [5, 5.41) is 10.6. The molecule has 0 radical (unpaired) electrons. The van der Waals surface area contributed by atoms with Crippen LogP contribution in [0.2, 0.25) is 0 Å². The van der Waals surface area contributed by atoms with E-state index >= 15 is 0 Å². The predicted octanol–water partition coefficient (Wildman–Crippen LogP) is 3.33. The Labute approximate surface area is 95.4 Å². The number of ether oxygens (including phenoxy) is 1. The van der Waals surface area contributed by atoms with E-state index in [0.717, 1.165) is 6.42 Å². The maximum Gasteiger partial charge on any atom is 0.272 e. The summed E-state index contributed by atoms with van der Waals surface area (Å²) in [5.74, 6) is 1.29. The van der Waals surface area contributed by atoms with Gasteiger partial charge < -0.3 is 4.74 Å². The monoisotopic (exact) mass is 223 g/mol. The SMILES string of the molecule is Cc1cc(OCCC(C)C)ccc1[N+](=O)[O-]. The molecular formula is C12H17NO3. The van der Waals surface area contributed by atoms with Gasteiger partial charge in [-0.25, -0.2) is 0 Å². The molecule has 0 fully saturated rings. The molecular weight excluding hydrogens is 206 g/mol. The Kier molecular flexibility index (Phi) is 4.28. The van der Waals surface area contributed by atoms with Gasteiger partial charge in [-0.2, -0.15) is 0 Å². The van der Waals surface area contributed by atoms with Gasteiger partial charge >= 0.3 is 0 Å². The van der Waals surface area contributed by atoms with Gasteiger partial charge in [-0.15, -0.1) is 0 Å². The molecule has 0 aliphatic heterocycles. The highest BCUT2D eigenvalue weighted by molar-refractivity contribution is 5.44. The summed E-state index contributed by atoms with van der Waals surface area (Å²) >= 11 is 0. The minimum atomic E-state index is -0.382. The Balaban J connectivity index is 2.63. The second-order valence-corrected chi connectivity index (χ2v) is 4.24. The van der Waals surface area contributed by atoms with Crippen molar-refractivity contribution in [3.63, 3.8) is 0 Å². The van der Waals surface area contributed by atoms with Crippen LogP contribution in [0.1, 0.15) is 25.8 Å². The summed E-state index contributed by atoms with van der Waals surface area (Å²) in [6, 6.07) is 4.84. The second kappa shape index (κ2) is 5.49. The van der Waals surface area contributed by atoms with Crippen molar-refractivity contribution in [1.29, 1.82) is 0 Å². The molecule has 4 nitrogen and oxygen atoms in total. The number of nitro groups is 1. The van der Waals surface area contributed by atoms with Gasteiger partial charge in [-0.1, -0.05) is 13.8 Å². The molecule has 0 heterocycles. The summed E-state index contributed by atoms with van der Waals surface area (Å²) in [7, 11) is 0. The van der Waals surface area contributed by atoms with E-state index in [4.69, 9.17) is 4.74 Å². The molecule has 0 atom stereocenters. The molecule has 0 aliphatic carbocycles. The van der Waals surface area contributed by atoms with Gasteiger partial charge in [0, 0.05) is 11.6 Å². The molecule has 1 aromatic rings. The van der Waals surface area contributed by atoms with Crippen molar-refractivity contribution in [2.75, 3.05) is 6.61 Å². The van der Waals surface area contributed by atoms with Crippen LogP contribution in [0.3, 0.4) is 0 Å². The zero-order valence-electron chi connectivity index (χ0n) is 9.90. The minimum Gasteiger partial charge on any atom is -0.494 e. The lowest BCUT2D eigenvalue weighted by atomic mass is 10.1. The van der Waals surface area contributed by atoms with Crippen LogP contribution in [-0.2, 0) is 0 Å². The third-order valence-electron chi connectivity index (χ3n) is 2.33. The highest BCUT2D eigenvalue weighted by Crippen LogP contribution is 2.23. The van der Waals surface area contributed by atoms with Crippen LogP contribution in [0.4, 0.5) is 5.69 Å². The van der Waals surface area contributed by atoms with Gasteiger partial charge in [-0.3, -0.25) is 10.1 Å². The highest BCUT2D eigenvalue weighted by atomic mass is 16.6. The molecule has 0 spiro atoms. The van der Waals surface area contributed by atoms with Crippen molar-refractivity contribution in [2.24, 2.45) is 5.92 Å². The molecule has 0 saturated heterocycles. The normalized spacial score (nSPS) is 10.5. The van der Waals surface area contributed by atoms with Crippen LogP contribution in [0.5, 0.6) is 5.75 Å². The number of benzene rings is 1. The van der Waals surface area contributed by atoms with Gasteiger partial charge in [-0.05, 0) is 31.4 Å². The van der Waals surface area contributed by atoms with E-state index in [2.05, 4.69) is 13.8 Å². The first-order chi connectivity index (χ1) is 7.50. The zero-order valence-corrected chi connectivity index (χ0v) is 9.90. The van der Waals surface area contributed by atoms with Crippen molar-refractivity contribution in [3.05, 3.63) is 33.9 Å². The maximum atomic E-state index is 10.6. The standard InChI is InChI=1S/C12H17NO3/c1-9(2)6-7-16-11-4-5-12(13(14)15)10(3)8-11/h4-5,8-9H,6-7H2,1-3H3. The summed E-state index contributed by atoms with van der Waals surface area (Å²) in [4.78, 5) is 10.2. The molecule has 0 aliphatic rings. The topological polar surface area (TPSA) is 52.4 Å². The predicted molar refractivity (Wildman–Crippen MR) is 62.8 cm³/mol. The first kappa shape index (κ1) is 12.5.